The lowest BCUT2D eigenvalue weighted by Gasteiger charge is -2.24. The fraction of sp³-hybridized carbons (Fsp3) is 0.467. The molecule has 0 radical (unpaired) electrons. The number of carbonyl (C=O) groups is 1. The highest BCUT2D eigenvalue weighted by atomic mass is 16.5. The summed E-state index contributed by atoms with van der Waals surface area (Å²) < 4.78 is 5.57. The molecule has 1 aromatic carbocycles. The number of amides is 1. The predicted molar refractivity (Wildman–Crippen MR) is 71.7 cm³/mol. The van der Waals surface area contributed by atoms with E-state index in [9.17, 15) is 4.79 Å². The van der Waals surface area contributed by atoms with Crippen LogP contribution in [0.25, 0.3) is 0 Å². The molecule has 4 heteroatoms. The second-order valence-electron chi connectivity index (χ2n) is 4.67. The van der Waals surface area contributed by atoms with Crippen molar-refractivity contribution in [3.63, 3.8) is 0 Å². The van der Waals surface area contributed by atoms with Gasteiger partial charge in [0.25, 0.3) is 5.91 Å². The molecule has 0 saturated carbocycles. The minimum Gasteiger partial charge on any atom is -0.376 e. The van der Waals surface area contributed by atoms with E-state index in [1.54, 1.807) is 29.2 Å². The highest BCUT2D eigenvalue weighted by Gasteiger charge is 2.22. The number of hydrogen-bond donors (Lipinski definition) is 0. The first-order valence-corrected chi connectivity index (χ1v) is 6.65. The number of nitrogens with zero attached hydrogens (tertiary/aromatic N) is 2. The summed E-state index contributed by atoms with van der Waals surface area (Å²) in [5.41, 5.74) is 1.19. The maximum absolute atomic E-state index is 12.4. The van der Waals surface area contributed by atoms with E-state index in [-0.39, 0.29) is 12.0 Å². The minimum atomic E-state index is 0.00231. The maximum Gasteiger partial charge on any atom is 0.253 e. The maximum atomic E-state index is 12.4. The molecule has 19 heavy (non-hydrogen) atoms. The van der Waals surface area contributed by atoms with Gasteiger partial charge in [-0.15, -0.1) is 0 Å². The first-order chi connectivity index (χ1) is 9.24. The Labute approximate surface area is 113 Å². The molecule has 1 aliphatic heterocycles. The Balaban J connectivity index is 2.04. The molecule has 0 N–H and O–H groups in total. The molecular weight excluding hydrogens is 240 g/mol. The lowest BCUT2D eigenvalue weighted by Crippen LogP contribution is -2.37. The number of benzene rings is 1. The second kappa shape index (κ2) is 6.35. The van der Waals surface area contributed by atoms with Crippen molar-refractivity contribution < 1.29 is 9.53 Å². The Bertz CT molecular complexity index is 470. The number of carbonyl (C=O) groups excluding carboxylic acids is 1. The molecule has 0 aromatic heterocycles. The molecule has 1 heterocycles. The van der Waals surface area contributed by atoms with Crippen molar-refractivity contribution in [2.75, 3.05) is 19.7 Å². The van der Waals surface area contributed by atoms with Crippen LogP contribution in [0.2, 0.25) is 0 Å². The molecule has 2 rings (SSSR count). The Kier molecular flexibility index (Phi) is 4.53. The van der Waals surface area contributed by atoms with E-state index in [1.165, 1.54) is 0 Å². The fourth-order valence-corrected chi connectivity index (χ4v) is 2.26. The lowest BCUT2D eigenvalue weighted by atomic mass is 10.1. The number of nitriles is 1. The molecule has 1 fully saturated rings. The molecule has 1 unspecified atom stereocenters. The summed E-state index contributed by atoms with van der Waals surface area (Å²) >= 11 is 0. The lowest BCUT2D eigenvalue weighted by molar-refractivity contribution is 0.0539. The highest BCUT2D eigenvalue weighted by Crippen LogP contribution is 2.15. The van der Waals surface area contributed by atoms with Crippen molar-refractivity contribution in [1.29, 1.82) is 5.26 Å². The van der Waals surface area contributed by atoms with Crippen molar-refractivity contribution in [3.05, 3.63) is 35.4 Å². The summed E-state index contributed by atoms with van der Waals surface area (Å²) in [7, 11) is 0. The summed E-state index contributed by atoms with van der Waals surface area (Å²) in [5, 5.41) is 8.75. The van der Waals surface area contributed by atoms with E-state index in [4.69, 9.17) is 10.00 Å². The van der Waals surface area contributed by atoms with Crippen LogP contribution < -0.4 is 0 Å². The van der Waals surface area contributed by atoms with Crippen LogP contribution in [-0.4, -0.2) is 36.6 Å². The zero-order valence-electron chi connectivity index (χ0n) is 11.1. The van der Waals surface area contributed by atoms with Crippen LogP contribution in [0.3, 0.4) is 0 Å². The van der Waals surface area contributed by atoms with Crippen LogP contribution in [-0.2, 0) is 4.74 Å². The molecule has 1 aromatic rings. The highest BCUT2D eigenvalue weighted by molar-refractivity contribution is 5.94. The van der Waals surface area contributed by atoms with Crippen LogP contribution in [0.1, 0.15) is 35.7 Å². The third-order valence-electron chi connectivity index (χ3n) is 3.38. The van der Waals surface area contributed by atoms with Gasteiger partial charge in [0, 0.05) is 25.3 Å². The van der Waals surface area contributed by atoms with Crippen LogP contribution in [0, 0.1) is 11.3 Å². The normalized spacial score (nSPS) is 18.0. The van der Waals surface area contributed by atoms with Gasteiger partial charge in [-0.05, 0) is 44.0 Å². The van der Waals surface area contributed by atoms with E-state index >= 15 is 0 Å². The van der Waals surface area contributed by atoms with E-state index < -0.39 is 0 Å². The van der Waals surface area contributed by atoms with Gasteiger partial charge in [0.05, 0.1) is 17.7 Å². The standard InChI is InChI=1S/C15H18N2O2/c1-2-17(11-14-4-3-9-19-14)15(18)13-7-5-12(10-16)6-8-13/h5-8,14H,2-4,9,11H2,1H3. The van der Waals surface area contributed by atoms with Crippen molar-refractivity contribution in [2.24, 2.45) is 0 Å². The molecule has 100 valence electrons. The number of hydrogen-bond acceptors (Lipinski definition) is 3. The molecule has 1 atom stereocenters. The van der Waals surface area contributed by atoms with Crippen molar-refractivity contribution in [3.8, 4) is 6.07 Å². The molecule has 1 saturated heterocycles. The van der Waals surface area contributed by atoms with Crippen molar-refractivity contribution >= 4 is 5.91 Å². The van der Waals surface area contributed by atoms with Gasteiger partial charge in [0.2, 0.25) is 0 Å². The van der Waals surface area contributed by atoms with Gasteiger partial charge in [0.15, 0.2) is 0 Å². The number of likely N-dealkylation sites (N-methyl/N-ethyl adjacent to an activating group) is 1. The third-order valence-corrected chi connectivity index (χ3v) is 3.38. The predicted octanol–water partition coefficient (Wildman–Crippen LogP) is 2.20. The Morgan fingerprint density at radius 2 is 2.21 bits per heavy atom. The van der Waals surface area contributed by atoms with Gasteiger partial charge in [-0.1, -0.05) is 0 Å². The Hall–Kier alpha value is -1.86. The average molecular weight is 258 g/mol. The molecule has 0 spiro atoms. The van der Waals surface area contributed by atoms with E-state index in [0.29, 0.717) is 24.2 Å². The van der Waals surface area contributed by atoms with E-state index in [0.717, 1.165) is 19.4 Å². The topological polar surface area (TPSA) is 53.3 Å². The molecule has 0 aliphatic carbocycles. The van der Waals surface area contributed by atoms with Crippen LogP contribution in [0.15, 0.2) is 24.3 Å². The summed E-state index contributed by atoms with van der Waals surface area (Å²) in [5.74, 6) is 0.00231. The zero-order chi connectivity index (χ0) is 13.7. The van der Waals surface area contributed by atoms with Crippen LogP contribution in [0.5, 0.6) is 0 Å². The summed E-state index contributed by atoms with van der Waals surface area (Å²) in [6.07, 6.45) is 2.27. The molecule has 4 nitrogen and oxygen atoms in total. The summed E-state index contributed by atoms with van der Waals surface area (Å²) in [6, 6.07) is 8.81. The smallest absolute Gasteiger partial charge is 0.253 e. The van der Waals surface area contributed by atoms with Gasteiger partial charge < -0.3 is 9.64 Å². The largest absolute Gasteiger partial charge is 0.376 e. The van der Waals surface area contributed by atoms with Crippen LogP contribution in [0.4, 0.5) is 0 Å². The summed E-state index contributed by atoms with van der Waals surface area (Å²) in [4.78, 5) is 14.2. The zero-order valence-corrected chi connectivity index (χ0v) is 11.1. The van der Waals surface area contributed by atoms with Crippen molar-refractivity contribution in [2.45, 2.75) is 25.9 Å². The molecule has 0 bridgehead atoms. The van der Waals surface area contributed by atoms with Crippen LogP contribution >= 0.6 is 0 Å². The van der Waals surface area contributed by atoms with E-state index in [1.807, 2.05) is 6.92 Å². The quantitative estimate of drug-likeness (QED) is 0.832. The van der Waals surface area contributed by atoms with Gasteiger partial charge in [-0.25, -0.2) is 0 Å². The number of ether oxygens (including phenoxy) is 1. The van der Waals surface area contributed by atoms with Crippen molar-refractivity contribution in [1.82, 2.24) is 4.90 Å². The molecular formula is C15H18N2O2. The Morgan fingerprint density at radius 3 is 2.74 bits per heavy atom. The minimum absolute atomic E-state index is 0.00231. The Morgan fingerprint density at radius 1 is 1.47 bits per heavy atom. The first kappa shape index (κ1) is 13.6. The fourth-order valence-electron chi connectivity index (χ4n) is 2.26. The molecule has 1 aliphatic rings. The van der Waals surface area contributed by atoms with E-state index in [2.05, 4.69) is 6.07 Å². The average Bonchev–Trinajstić information content (AvgIpc) is 2.97. The van der Waals surface area contributed by atoms with Gasteiger partial charge in [0.1, 0.15) is 0 Å². The summed E-state index contributed by atoms with van der Waals surface area (Å²) in [6.45, 7) is 4.08. The second-order valence-corrected chi connectivity index (χ2v) is 4.67. The van der Waals surface area contributed by atoms with Gasteiger partial charge >= 0.3 is 0 Å². The van der Waals surface area contributed by atoms with Gasteiger partial charge in [-0.2, -0.15) is 5.26 Å². The number of rotatable bonds is 4. The third kappa shape index (κ3) is 3.33. The SMILES string of the molecule is CCN(CC1CCCO1)C(=O)c1ccc(C#N)cc1. The molecule has 1 amide bonds. The monoisotopic (exact) mass is 258 g/mol. The first-order valence-electron chi connectivity index (χ1n) is 6.65. The van der Waals surface area contributed by atoms with Gasteiger partial charge in [-0.3, -0.25) is 4.79 Å².